The van der Waals surface area contributed by atoms with Crippen LogP contribution in [-0.2, 0) is 21.3 Å². The lowest BCUT2D eigenvalue weighted by Gasteiger charge is -2.10. The lowest BCUT2D eigenvalue weighted by atomic mass is 10.00. The number of rotatable bonds is 6. The van der Waals surface area contributed by atoms with Gasteiger partial charge in [0.25, 0.3) is 0 Å². The Hall–Kier alpha value is -4.07. The lowest BCUT2D eigenvalue weighted by molar-refractivity contribution is 0.0535. The smallest absolute Gasteiger partial charge is 0.355 e. The molecule has 0 aliphatic carbocycles. The van der Waals surface area contributed by atoms with Gasteiger partial charge >= 0.3 is 17.9 Å². The second kappa shape index (κ2) is 9.38. The summed E-state index contributed by atoms with van der Waals surface area (Å²) in [7, 11) is 6.73. The molecule has 0 N–H and O–H groups in total. The Morgan fingerprint density at radius 3 is 1.53 bits per heavy atom. The van der Waals surface area contributed by atoms with Crippen LogP contribution in [0.15, 0.2) is 48.5 Å². The highest BCUT2D eigenvalue weighted by atomic mass is 16.5. The summed E-state index contributed by atoms with van der Waals surface area (Å²) in [5.74, 6) is -1.64. The molecule has 0 atom stereocenters. The van der Waals surface area contributed by atoms with Gasteiger partial charge in [-0.15, -0.1) is 0 Å². The SMILES string of the molecule is COC(=O)c1c(C(=O)OC)c(-c2ccc(-c3ccc(OC)cc3)cc2)n(C)c1C(=O)OC. The minimum Gasteiger partial charge on any atom is -0.497 e. The first-order valence-corrected chi connectivity index (χ1v) is 9.60. The van der Waals surface area contributed by atoms with Gasteiger partial charge < -0.3 is 23.5 Å². The normalized spacial score (nSPS) is 10.4. The Morgan fingerprint density at radius 2 is 1.06 bits per heavy atom. The molecule has 0 aliphatic heterocycles. The molecule has 3 aromatic rings. The molecule has 0 bridgehead atoms. The zero-order chi connectivity index (χ0) is 23.4. The predicted molar refractivity (Wildman–Crippen MR) is 117 cm³/mol. The molecule has 3 rings (SSSR count). The summed E-state index contributed by atoms with van der Waals surface area (Å²) in [6.07, 6.45) is 0. The molecular formula is C24H23NO7. The number of carbonyl (C=O) groups is 3. The van der Waals surface area contributed by atoms with Crippen LogP contribution in [0.1, 0.15) is 31.2 Å². The number of ether oxygens (including phenoxy) is 4. The van der Waals surface area contributed by atoms with Gasteiger partial charge in [-0.05, 0) is 28.8 Å². The van der Waals surface area contributed by atoms with E-state index in [0.717, 1.165) is 16.9 Å². The first-order chi connectivity index (χ1) is 15.4. The fraction of sp³-hybridized carbons (Fsp3) is 0.208. The van der Waals surface area contributed by atoms with E-state index < -0.39 is 17.9 Å². The molecule has 2 aromatic carbocycles. The van der Waals surface area contributed by atoms with Gasteiger partial charge in [0.15, 0.2) is 0 Å². The number of esters is 3. The van der Waals surface area contributed by atoms with Gasteiger partial charge in [0, 0.05) is 7.05 Å². The van der Waals surface area contributed by atoms with Crippen LogP contribution in [0.25, 0.3) is 22.4 Å². The van der Waals surface area contributed by atoms with Crippen molar-refractivity contribution in [3.8, 4) is 28.1 Å². The third-order valence-corrected chi connectivity index (χ3v) is 5.13. The summed E-state index contributed by atoms with van der Waals surface area (Å²) in [6, 6.07) is 14.9. The van der Waals surface area contributed by atoms with Crippen molar-refractivity contribution in [2.45, 2.75) is 0 Å². The van der Waals surface area contributed by atoms with E-state index in [0.29, 0.717) is 11.3 Å². The lowest BCUT2D eigenvalue weighted by Crippen LogP contribution is -2.16. The van der Waals surface area contributed by atoms with Crippen LogP contribution in [0.5, 0.6) is 5.75 Å². The van der Waals surface area contributed by atoms with Crippen molar-refractivity contribution in [1.82, 2.24) is 4.57 Å². The maximum atomic E-state index is 12.7. The molecule has 0 amide bonds. The first-order valence-electron chi connectivity index (χ1n) is 9.60. The third-order valence-electron chi connectivity index (χ3n) is 5.13. The third kappa shape index (κ3) is 3.94. The summed E-state index contributed by atoms with van der Waals surface area (Å²) in [5.41, 5.74) is 2.47. The van der Waals surface area contributed by atoms with E-state index in [1.54, 1.807) is 26.3 Å². The van der Waals surface area contributed by atoms with Gasteiger partial charge in [0.05, 0.1) is 34.1 Å². The van der Waals surface area contributed by atoms with E-state index in [-0.39, 0.29) is 16.8 Å². The molecule has 8 nitrogen and oxygen atoms in total. The average Bonchev–Trinajstić information content (AvgIpc) is 3.15. The molecule has 0 fully saturated rings. The number of aromatic nitrogens is 1. The van der Waals surface area contributed by atoms with Crippen molar-refractivity contribution in [3.05, 3.63) is 65.4 Å². The van der Waals surface area contributed by atoms with Crippen LogP contribution in [0.4, 0.5) is 0 Å². The quantitative estimate of drug-likeness (QED) is 0.428. The van der Waals surface area contributed by atoms with Crippen LogP contribution in [-0.4, -0.2) is 50.9 Å². The van der Waals surface area contributed by atoms with Gasteiger partial charge in [-0.25, -0.2) is 14.4 Å². The average molecular weight is 437 g/mol. The van der Waals surface area contributed by atoms with E-state index in [9.17, 15) is 14.4 Å². The van der Waals surface area contributed by atoms with Gasteiger partial charge in [0.2, 0.25) is 0 Å². The van der Waals surface area contributed by atoms with Crippen molar-refractivity contribution in [3.63, 3.8) is 0 Å². The van der Waals surface area contributed by atoms with Crippen LogP contribution in [0.3, 0.4) is 0 Å². The second-order valence-corrected chi connectivity index (χ2v) is 6.79. The summed E-state index contributed by atoms with van der Waals surface area (Å²) in [4.78, 5) is 37.7. The molecule has 1 heterocycles. The molecule has 166 valence electrons. The molecule has 0 saturated carbocycles. The first kappa shape index (κ1) is 22.6. The topological polar surface area (TPSA) is 93.1 Å². The highest BCUT2D eigenvalue weighted by molar-refractivity contribution is 6.13. The van der Waals surface area contributed by atoms with Gasteiger partial charge in [-0.1, -0.05) is 36.4 Å². The molecule has 0 aliphatic rings. The maximum Gasteiger partial charge on any atom is 0.355 e. The standard InChI is InChI=1S/C24H23NO7/c1-25-20(16-8-6-14(7-9-16)15-10-12-17(29-2)13-11-15)18(22(26)30-3)19(23(27)31-4)21(25)24(28)32-5/h6-13H,1-5H3. The Labute approximate surface area is 185 Å². The number of benzene rings is 2. The molecule has 8 heteroatoms. The Bertz CT molecular complexity index is 1160. The van der Waals surface area contributed by atoms with Crippen molar-refractivity contribution in [1.29, 1.82) is 0 Å². The van der Waals surface area contributed by atoms with E-state index in [2.05, 4.69) is 0 Å². The molecule has 0 unspecified atom stereocenters. The van der Waals surface area contributed by atoms with Crippen LogP contribution in [0.2, 0.25) is 0 Å². The number of methoxy groups -OCH3 is 4. The Kier molecular flexibility index (Phi) is 6.63. The van der Waals surface area contributed by atoms with E-state index >= 15 is 0 Å². The minimum absolute atomic E-state index is 0.0700. The maximum absolute atomic E-state index is 12.7. The molecule has 32 heavy (non-hydrogen) atoms. The second-order valence-electron chi connectivity index (χ2n) is 6.79. The molecule has 1 aromatic heterocycles. The van der Waals surface area contributed by atoms with Gasteiger partial charge in [-0.3, -0.25) is 0 Å². The molecular weight excluding hydrogens is 414 g/mol. The van der Waals surface area contributed by atoms with Crippen LogP contribution in [0, 0.1) is 0 Å². The highest BCUT2D eigenvalue weighted by Crippen LogP contribution is 2.34. The number of hydrogen-bond acceptors (Lipinski definition) is 7. The van der Waals surface area contributed by atoms with Crippen molar-refractivity contribution in [2.75, 3.05) is 28.4 Å². The Balaban J connectivity index is 2.19. The summed E-state index contributed by atoms with van der Waals surface area (Å²) < 4.78 is 21.2. The molecule has 0 radical (unpaired) electrons. The van der Waals surface area contributed by atoms with Crippen molar-refractivity contribution in [2.24, 2.45) is 7.05 Å². The van der Waals surface area contributed by atoms with Crippen LogP contribution >= 0.6 is 0 Å². The number of nitrogens with zero attached hydrogens (tertiary/aromatic N) is 1. The molecule has 0 saturated heterocycles. The van der Waals surface area contributed by atoms with Crippen LogP contribution < -0.4 is 4.74 Å². The monoisotopic (exact) mass is 437 g/mol. The Morgan fingerprint density at radius 1 is 0.625 bits per heavy atom. The van der Waals surface area contributed by atoms with Crippen molar-refractivity contribution < 1.29 is 33.3 Å². The van der Waals surface area contributed by atoms with Gasteiger partial charge in [-0.2, -0.15) is 0 Å². The highest BCUT2D eigenvalue weighted by Gasteiger charge is 2.35. The summed E-state index contributed by atoms with van der Waals surface area (Å²) in [6.45, 7) is 0. The van der Waals surface area contributed by atoms with E-state index in [1.807, 2.05) is 36.4 Å². The molecule has 0 spiro atoms. The summed E-state index contributed by atoms with van der Waals surface area (Å²) >= 11 is 0. The fourth-order valence-corrected chi connectivity index (χ4v) is 3.56. The number of carbonyl (C=O) groups excluding carboxylic acids is 3. The largest absolute Gasteiger partial charge is 0.497 e. The fourth-order valence-electron chi connectivity index (χ4n) is 3.56. The number of hydrogen-bond donors (Lipinski definition) is 0. The minimum atomic E-state index is -0.845. The van der Waals surface area contributed by atoms with Gasteiger partial charge in [0.1, 0.15) is 22.6 Å². The zero-order valence-corrected chi connectivity index (χ0v) is 18.4. The van der Waals surface area contributed by atoms with E-state index in [4.69, 9.17) is 18.9 Å². The predicted octanol–water partition coefficient (Wildman–Crippen LogP) is 3.73. The van der Waals surface area contributed by atoms with Crippen molar-refractivity contribution >= 4 is 17.9 Å². The van der Waals surface area contributed by atoms with E-state index in [1.165, 1.54) is 25.9 Å². The summed E-state index contributed by atoms with van der Waals surface area (Å²) in [5, 5.41) is 0. The zero-order valence-electron chi connectivity index (χ0n) is 18.4.